The Kier molecular flexibility index (Phi) is 4.56. The van der Waals surface area contributed by atoms with Gasteiger partial charge in [0, 0.05) is 24.4 Å². The first kappa shape index (κ1) is 12.9. The van der Waals surface area contributed by atoms with Gasteiger partial charge in [0.1, 0.15) is 6.73 Å². The van der Waals surface area contributed by atoms with Crippen LogP contribution in [0.2, 0.25) is 0 Å². The van der Waals surface area contributed by atoms with Gasteiger partial charge in [-0.05, 0) is 24.6 Å². The number of aromatic nitrogens is 1. The maximum Gasteiger partial charge on any atom is 0.123 e. The number of nitrogens with two attached hydrogens (primary N) is 1. The first-order valence-corrected chi connectivity index (χ1v) is 6.27. The summed E-state index contributed by atoms with van der Waals surface area (Å²) in [5.41, 5.74) is 8.23. The Bertz CT molecular complexity index is 462. The van der Waals surface area contributed by atoms with Crippen molar-refractivity contribution in [1.82, 2.24) is 4.57 Å². The molecule has 3 nitrogen and oxygen atoms in total. The third kappa shape index (κ3) is 3.72. The second-order valence-electron chi connectivity index (χ2n) is 4.61. The normalized spacial score (nSPS) is 12.6. The van der Waals surface area contributed by atoms with Crippen molar-refractivity contribution in [3.05, 3.63) is 59.9 Å². The van der Waals surface area contributed by atoms with E-state index in [4.69, 9.17) is 10.5 Å². The van der Waals surface area contributed by atoms with Gasteiger partial charge in [-0.15, -0.1) is 0 Å². The highest BCUT2D eigenvalue weighted by atomic mass is 16.5. The maximum absolute atomic E-state index is 5.82. The second kappa shape index (κ2) is 6.38. The minimum atomic E-state index is 0.174. The molecule has 0 aliphatic rings. The summed E-state index contributed by atoms with van der Waals surface area (Å²) in [6, 6.07) is 14.5. The van der Waals surface area contributed by atoms with Crippen molar-refractivity contribution in [2.45, 2.75) is 32.7 Å². The Morgan fingerprint density at radius 1 is 1.17 bits per heavy atom. The lowest BCUT2D eigenvalue weighted by atomic mass is 10.2. The highest BCUT2D eigenvalue weighted by Crippen LogP contribution is 2.07. The van der Waals surface area contributed by atoms with Gasteiger partial charge in [0.2, 0.25) is 0 Å². The average molecular weight is 244 g/mol. The van der Waals surface area contributed by atoms with Crippen LogP contribution in [0.1, 0.15) is 18.2 Å². The molecule has 0 spiro atoms. The van der Waals surface area contributed by atoms with E-state index in [9.17, 15) is 0 Å². The Morgan fingerprint density at radius 3 is 2.67 bits per heavy atom. The molecule has 2 aromatic rings. The standard InChI is InChI=1S/C15H20N2O/c1-13(16)10-15-8-5-9-17(15)12-18-11-14-6-3-2-4-7-14/h2-9,13H,10-12,16H2,1H3. The zero-order valence-corrected chi connectivity index (χ0v) is 10.8. The van der Waals surface area contributed by atoms with Crippen LogP contribution in [0, 0.1) is 0 Å². The molecule has 0 amide bonds. The van der Waals surface area contributed by atoms with E-state index in [-0.39, 0.29) is 6.04 Å². The van der Waals surface area contributed by atoms with Gasteiger partial charge in [-0.1, -0.05) is 30.3 Å². The van der Waals surface area contributed by atoms with Gasteiger partial charge in [-0.3, -0.25) is 0 Å². The lowest BCUT2D eigenvalue weighted by Gasteiger charge is -2.11. The molecule has 2 N–H and O–H groups in total. The molecular formula is C15H20N2O. The minimum absolute atomic E-state index is 0.174. The molecule has 0 aliphatic carbocycles. The fourth-order valence-corrected chi connectivity index (χ4v) is 1.93. The zero-order chi connectivity index (χ0) is 12.8. The third-order valence-electron chi connectivity index (χ3n) is 2.80. The van der Waals surface area contributed by atoms with E-state index >= 15 is 0 Å². The highest BCUT2D eigenvalue weighted by Gasteiger charge is 2.03. The molecule has 0 radical (unpaired) electrons. The van der Waals surface area contributed by atoms with E-state index < -0.39 is 0 Å². The summed E-state index contributed by atoms with van der Waals surface area (Å²) < 4.78 is 7.81. The fraction of sp³-hybridized carbons (Fsp3) is 0.333. The van der Waals surface area contributed by atoms with Crippen LogP contribution in [0.5, 0.6) is 0 Å². The number of nitrogens with zero attached hydrogens (tertiary/aromatic N) is 1. The molecule has 0 aliphatic heterocycles. The van der Waals surface area contributed by atoms with Gasteiger partial charge >= 0.3 is 0 Å². The number of rotatable bonds is 6. The molecule has 1 aromatic carbocycles. The van der Waals surface area contributed by atoms with Gasteiger partial charge < -0.3 is 15.0 Å². The molecule has 2 rings (SSSR count). The van der Waals surface area contributed by atoms with E-state index in [1.54, 1.807) is 0 Å². The van der Waals surface area contributed by atoms with E-state index in [1.165, 1.54) is 11.3 Å². The first-order chi connectivity index (χ1) is 8.75. The quantitative estimate of drug-likeness (QED) is 0.848. The Morgan fingerprint density at radius 2 is 1.94 bits per heavy atom. The van der Waals surface area contributed by atoms with Crippen molar-refractivity contribution in [2.75, 3.05) is 0 Å². The van der Waals surface area contributed by atoms with Crippen molar-refractivity contribution < 1.29 is 4.74 Å². The minimum Gasteiger partial charge on any atom is -0.356 e. The predicted molar refractivity (Wildman–Crippen MR) is 73.0 cm³/mol. The lowest BCUT2D eigenvalue weighted by molar-refractivity contribution is 0.0625. The van der Waals surface area contributed by atoms with Crippen molar-refractivity contribution in [3.8, 4) is 0 Å². The first-order valence-electron chi connectivity index (χ1n) is 6.27. The number of benzene rings is 1. The third-order valence-corrected chi connectivity index (χ3v) is 2.80. The molecule has 0 saturated carbocycles. The molecule has 0 saturated heterocycles. The summed E-state index contributed by atoms with van der Waals surface area (Å²) in [5.74, 6) is 0. The van der Waals surface area contributed by atoms with Gasteiger partial charge in [-0.25, -0.2) is 0 Å². The smallest absolute Gasteiger partial charge is 0.123 e. The van der Waals surface area contributed by atoms with Gasteiger partial charge in [0.15, 0.2) is 0 Å². The fourth-order valence-electron chi connectivity index (χ4n) is 1.93. The number of ether oxygens (including phenoxy) is 1. The monoisotopic (exact) mass is 244 g/mol. The van der Waals surface area contributed by atoms with Crippen molar-refractivity contribution in [3.63, 3.8) is 0 Å². The van der Waals surface area contributed by atoms with Crippen LogP contribution < -0.4 is 5.73 Å². The molecule has 96 valence electrons. The van der Waals surface area contributed by atoms with Gasteiger partial charge in [-0.2, -0.15) is 0 Å². The Labute approximate surface area is 108 Å². The molecular weight excluding hydrogens is 224 g/mol. The molecule has 1 atom stereocenters. The summed E-state index contributed by atoms with van der Waals surface area (Å²) in [6.07, 6.45) is 2.91. The van der Waals surface area contributed by atoms with E-state index in [1.807, 2.05) is 37.4 Å². The van der Waals surface area contributed by atoms with E-state index in [0.717, 1.165) is 6.42 Å². The predicted octanol–water partition coefficient (Wildman–Crippen LogP) is 2.55. The second-order valence-corrected chi connectivity index (χ2v) is 4.61. The topological polar surface area (TPSA) is 40.2 Å². The maximum atomic E-state index is 5.82. The van der Waals surface area contributed by atoms with Crippen molar-refractivity contribution in [2.24, 2.45) is 5.73 Å². The van der Waals surface area contributed by atoms with Crippen LogP contribution in [0.15, 0.2) is 48.7 Å². The van der Waals surface area contributed by atoms with Crippen LogP contribution in [0.4, 0.5) is 0 Å². The largest absolute Gasteiger partial charge is 0.356 e. The summed E-state index contributed by atoms with van der Waals surface area (Å²) in [5, 5.41) is 0. The van der Waals surface area contributed by atoms with Crippen molar-refractivity contribution in [1.29, 1.82) is 0 Å². The highest BCUT2D eigenvalue weighted by molar-refractivity contribution is 5.13. The lowest BCUT2D eigenvalue weighted by Crippen LogP contribution is -2.20. The van der Waals surface area contributed by atoms with Gasteiger partial charge in [0.05, 0.1) is 6.61 Å². The van der Waals surface area contributed by atoms with E-state index in [2.05, 4.69) is 22.8 Å². The Hall–Kier alpha value is -1.58. The van der Waals surface area contributed by atoms with Crippen LogP contribution >= 0.6 is 0 Å². The number of hydrogen-bond acceptors (Lipinski definition) is 2. The summed E-state index contributed by atoms with van der Waals surface area (Å²) in [4.78, 5) is 0. The molecule has 1 unspecified atom stereocenters. The molecule has 0 fully saturated rings. The molecule has 1 heterocycles. The van der Waals surface area contributed by atoms with Gasteiger partial charge in [0.25, 0.3) is 0 Å². The zero-order valence-electron chi connectivity index (χ0n) is 10.8. The van der Waals surface area contributed by atoms with Crippen LogP contribution in [0.3, 0.4) is 0 Å². The number of hydrogen-bond donors (Lipinski definition) is 1. The van der Waals surface area contributed by atoms with Crippen LogP contribution in [-0.4, -0.2) is 10.6 Å². The molecule has 18 heavy (non-hydrogen) atoms. The van der Waals surface area contributed by atoms with E-state index in [0.29, 0.717) is 13.3 Å². The Balaban J connectivity index is 1.85. The van der Waals surface area contributed by atoms with Crippen LogP contribution in [0.25, 0.3) is 0 Å². The molecule has 0 bridgehead atoms. The van der Waals surface area contributed by atoms with Crippen molar-refractivity contribution >= 4 is 0 Å². The summed E-state index contributed by atoms with van der Waals surface area (Å²) in [6.45, 7) is 3.22. The summed E-state index contributed by atoms with van der Waals surface area (Å²) in [7, 11) is 0. The van der Waals surface area contributed by atoms with Crippen LogP contribution in [-0.2, 0) is 24.5 Å². The average Bonchev–Trinajstić information content (AvgIpc) is 2.77. The molecule has 3 heteroatoms. The summed E-state index contributed by atoms with van der Waals surface area (Å²) >= 11 is 0. The molecule has 1 aromatic heterocycles. The SMILES string of the molecule is CC(N)Cc1cccn1COCc1ccccc1.